The number of hydrogen-bond donors (Lipinski definition) is 2. The smallest absolute Gasteiger partial charge is 0.231 e. The van der Waals surface area contributed by atoms with E-state index in [0.717, 1.165) is 38.5 Å². The third-order valence-electron chi connectivity index (χ3n) is 5.95. The lowest BCUT2D eigenvalue weighted by Crippen LogP contribution is -2.42. The van der Waals surface area contributed by atoms with Crippen LogP contribution in [-0.4, -0.2) is 49.9 Å². The SMILES string of the molecule is [C-]#[N+]c1cnc(NC(CC)C2CCN(C(C)=O)CC2)nc1-c1c[nH]c2ncc(F)cc12. The molecule has 1 unspecified atom stereocenters. The van der Waals surface area contributed by atoms with Gasteiger partial charge >= 0.3 is 0 Å². The fraction of sp³-hybridized carbons (Fsp3) is 0.409. The van der Waals surface area contributed by atoms with Crippen LogP contribution in [0.2, 0.25) is 0 Å². The second kappa shape index (κ2) is 8.68. The van der Waals surface area contributed by atoms with Crippen molar-refractivity contribution in [2.75, 3.05) is 18.4 Å². The molecule has 31 heavy (non-hydrogen) atoms. The van der Waals surface area contributed by atoms with Crippen LogP contribution in [0, 0.1) is 18.3 Å². The van der Waals surface area contributed by atoms with Gasteiger partial charge in [0.25, 0.3) is 0 Å². The van der Waals surface area contributed by atoms with Crippen molar-refractivity contribution in [1.82, 2.24) is 24.8 Å². The molecule has 9 heteroatoms. The fourth-order valence-electron chi connectivity index (χ4n) is 4.23. The predicted molar refractivity (Wildman–Crippen MR) is 116 cm³/mol. The predicted octanol–water partition coefficient (Wildman–Crippen LogP) is 4.16. The fourth-order valence-corrected chi connectivity index (χ4v) is 4.23. The minimum Gasteiger partial charge on any atom is -0.351 e. The highest BCUT2D eigenvalue weighted by Crippen LogP contribution is 2.34. The Bertz CT molecular complexity index is 1140. The average Bonchev–Trinajstić information content (AvgIpc) is 3.20. The van der Waals surface area contributed by atoms with Gasteiger partial charge in [0.15, 0.2) is 0 Å². The summed E-state index contributed by atoms with van der Waals surface area (Å²) in [5, 5.41) is 3.99. The zero-order valence-electron chi connectivity index (χ0n) is 17.5. The van der Waals surface area contributed by atoms with Crippen LogP contribution in [0.3, 0.4) is 0 Å². The molecule has 1 atom stereocenters. The number of aromatic nitrogens is 4. The first kappa shape index (κ1) is 20.7. The van der Waals surface area contributed by atoms with Crippen LogP contribution in [0.5, 0.6) is 0 Å². The highest BCUT2D eigenvalue weighted by molar-refractivity contribution is 5.96. The zero-order valence-corrected chi connectivity index (χ0v) is 17.5. The van der Waals surface area contributed by atoms with Gasteiger partial charge < -0.3 is 15.2 Å². The summed E-state index contributed by atoms with van der Waals surface area (Å²) in [6.45, 7) is 12.7. The Labute approximate surface area is 179 Å². The summed E-state index contributed by atoms with van der Waals surface area (Å²) in [5.41, 5.74) is 1.87. The quantitative estimate of drug-likeness (QED) is 0.604. The Morgan fingerprint density at radius 1 is 1.39 bits per heavy atom. The van der Waals surface area contributed by atoms with E-state index >= 15 is 0 Å². The van der Waals surface area contributed by atoms with E-state index in [0.29, 0.717) is 39.8 Å². The molecular formula is C22H24FN7O. The molecular weight excluding hydrogens is 397 g/mol. The first-order valence-corrected chi connectivity index (χ1v) is 10.4. The van der Waals surface area contributed by atoms with Crippen molar-refractivity contribution in [3.63, 3.8) is 0 Å². The molecule has 1 saturated heterocycles. The molecule has 0 aromatic carbocycles. The minimum atomic E-state index is -0.451. The summed E-state index contributed by atoms with van der Waals surface area (Å²) >= 11 is 0. The Morgan fingerprint density at radius 3 is 2.84 bits per heavy atom. The van der Waals surface area contributed by atoms with Crippen LogP contribution in [0.4, 0.5) is 16.0 Å². The van der Waals surface area contributed by atoms with Gasteiger partial charge in [-0.25, -0.2) is 24.2 Å². The maximum absolute atomic E-state index is 13.8. The summed E-state index contributed by atoms with van der Waals surface area (Å²) in [6.07, 6.45) is 7.06. The Balaban J connectivity index is 1.61. The van der Waals surface area contributed by atoms with Crippen molar-refractivity contribution in [2.45, 2.75) is 39.2 Å². The van der Waals surface area contributed by atoms with E-state index in [1.807, 2.05) is 4.90 Å². The lowest BCUT2D eigenvalue weighted by atomic mass is 9.88. The highest BCUT2D eigenvalue weighted by Gasteiger charge is 2.27. The number of aromatic amines is 1. The normalized spacial score (nSPS) is 15.6. The number of nitrogens with zero attached hydrogens (tertiary/aromatic N) is 5. The monoisotopic (exact) mass is 421 g/mol. The number of nitrogens with one attached hydrogen (secondary N) is 2. The van der Waals surface area contributed by atoms with E-state index in [-0.39, 0.29) is 11.9 Å². The van der Waals surface area contributed by atoms with Crippen LogP contribution in [-0.2, 0) is 4.79 Å². The van der Waals surface area contributed by atoms with Gasteiger partial charge in [-0.05, 0) is 31.2 Å². The minimum absolute atomic E-state index is 0.117. The van der Waals surface area contributed by atoms with Gasteiger partial charge in [-0.2, -0.15) is 0 Å². The molecule has 0 spiro atoms. The first-order valence-electron chi connectivity index (χ1n) is 10.4. The van der Waals surface area contributed by atoms with E-state index in [2.05, 4.69) is 37.0 Å². The van der Waals surface area contributed by atoms with E-state index in [9.17, 15) is 9.18 Å². The van der Waals surface area contributed by atoms with Crippen LogP contribution in [0.15, 0.2) is 24.7 Å². The Hall–Kier alpha value is -3.54. The van der Waals surface area contributed by atoms with E-state index in [1.165, 1.54) is 12.3 Å². The molecule has 1 aliphatic rings. The molecule has 1 aliphatic heterocycles. The number of fused-ring (bicyclic) bond motifs is 1. The zero-order chi connectivity index (χ0) is 22.0. The molecule has 8 nitrogen and oxygen atoms in total. The van der Waals surface area contributed by atoms with Crippen LogP contribution < -0.4 is 5.32 Å². The molecule has 4 heterocycles. The molecule has 4 rings (SSSR count). The lowest BCUT2D eigenvalue weighted by Gasteiger charge is -2.35. The number of rotatable bonds is 5. The average molecular weight is 421 g/mol. The Kier molecular flexibility index (Phi) is 5.80. The van der Waals surface area contributed by atoms with Crippen LogP contribution in [0.1, 0.15) is 33.1 Å². The highest BCUT2D eigenvalue weighted by atomic mass is 19.1. The maximum Gasteiger partial charge on any atom is 0.231 e. The van der Waals surface area contributed by atoms with Crippen molar-refractivity contribution >= 4 is 28.6 Å². The summed E-state index contributed by atoms with van der Waals surface area (Å²) in [6, 6.07) is 1.54. The summed E-state index contributed by atoms with van der Waals surface area (Å²) in [7, 11) is 0. The van der Waals surface area contributed by atoms with Crippen molar-refractivity contribution < 1.29 is 9.18 Å². The van der Waals surface area contributed by atoms with Gasteiger partial charge in [-0.1, -0.05) is 6.92 Å². The summed E-state index contributed by atoms with van der Waals surface area (Å²) < 4.78 is 13.8. The first-order chi connectivity index (χ1) is 15.0. The molecule has 0 bridgehead atoms. The number of amides is 1. The Morgan fingerprint density at radius 2 is 2.16 bits per heavy atom. The number of hydrogen-bond acceptors (Lipinski definition) is 5. The van der Waals surface area contributed by atoms with E-state index in [1.54, 1.807) is 13.1 Å². The second-order valence-electron chi connectivity index (χ2n) is 7.79. The van der Waals surface area contributed by atoms with Crippen molar-refractivity contribution in [3.05, 3.63) is 41.9 Å². The number of pyridine rings is 1. The topological polar surface area (TPSA) is 91.2 Å². The summed E-state index contributed by atoms with van der Waals surface area (Å²) in [4.78, 5) is 33.0. The number of likely N-dealkylation sites (tertiary alicyclic amines) is 1. The molecule has 3 aromatic rings. The third-order valence-corrected chi connectivity index (χ3v) is 5.95. The van der Waals surface area contributed by atoms with Crippen molar-refractivity contribution in [3.8, 4) is 11.3 Å². The molecule has 2 N–H and O–H groups in total. The summed E-state index contributed by atoms with van der Waals surface area (Å²) in [5.74, 6) is 0.501. The number of carbonyl (C=O) groups excluding carboxylic acids is 1. The van der Waals surface area contributed by atoms with Gasteiger partial charge in [0.05, 0.1) is 18.5 Å². The lowest BCUT2D eigenvalue weighted by molar-refractivity contribution is -0.130. The molecule has 3 aromatic heterocycles. The molecule has 1 fully saturated rings. The molecule has 0 aliphatic carbocycles. The van der Waals surface area contributed by atoms with Crippen molar-refractivity contribution in [1.29, 1.82) is 0 Å². The number of halogens is 1. The van der Waals surface area contributed by atoms with Gasteiger partial charge in [-0.15, -0.1) is 0 Å². The van der Waals surface area contributed by atoms with Crippen LogP contribution >= 0.6 is 0 Å². The molecule has 1 amide bonds. The second-order valence-corrected chi connectivity index (χ2v) is 7.79. The van der Waals surface area contributed by atoms with Crippen molar-refractivity contribution in [2.24, 2.45) is 5.92 Å². The largest absolute Gasteiger partial charge is 0.351 e. The number of carbonyl (C=O) groups is 1. The van der Waals surface area contributed by atoms with Gasteiger partial charge in [-0.3, -0.25) is 4.79 Å². The van der Waals surface area contributed by atoms with Crippen LogP contribution in [0.25, 0.3) is 27.1 Å². The standard InChI is InChI=1S/C22H24FN7O/c1-4-18(14-5-7-30(8-6-14)13(2)31)28-22-27-12-19(24-3)20(29-22)17-11-26-21-16(17)9-15(23)10-25-21/h9-12,14,18H,4-8H2,1-2H3,(H,25,26)(H,27,28,29). The van der Waals surface area contributed by atoms with E-state index in [4.69, 9.17) is 6.57 Å². The molecule has 0 radical (unpaired) electrons. The van der Waals surface area contributed by atoms with Gasteiger partial charge in [0.2, 0.25) is 17.5 Å². The van der Waals surface area contributed by atoms with Gasteiger partial charge in [0.1, 0.15) is 11.5 Å². The molecule has 0 saturated carbocycles. The van der Waals surface area contributed by atoms with E-state index < -0.39 is 5.82 Å². The maximum atomic E-state index is 13.8. The number of anilines is 1. The number of H-pyrrole nitrogens is 1. The molecule has 160 valence electrons. The third kappa shape index (κ3) is 4.19. The van der Waals surface area contributed by atoms with Gasteiger partial charge in [0, 0.05) is 49.4 Å². The number of piperidine rings is 1.